The Morgan fingerprint density at radius 2 is 1.70 bits per heavy atom. The van der Waals surface area contributed by atoms with Crippen molar-refractivity contribution in [1.82, 2.24) is 10.9 Å². The van der Waals surface area contributed by atoms with Crippen molar-refractivity contribution in [2.45, 2.75) is 26.4 Å². The third kappa shape index (κ3) is 5.45. The number of rotatable bonds is 2. The number of nitrogens with zero attached hydrogens (tertiary/aromatic N) is 1. The van der Waals surface area contributed by atoms with Crippen LogP contribution in [-0.2, 0) is 9.47 Å². The minimum absolute atomic E-state index is 0.399. The summed E-state index contributed by atoms with van der Waals surface area (Å²) in [5, 5.41) is 0. The van der Waals surface area contributed by atoms with E-state index in [1.54, 1.807) is 32.9 Å². The molecule has 1 fully saturated rings. The molecule has 2 rings (SSSR count). The molecule has 1 heterocycles. The summed E-state index contributed by atoms with van der Waals surface area (Å²) in [6.45, 7) is 8.35. The van der Waals surface area contributed by atoms with E-state index in [4.69, 9.17) is 9.47 Å². The summed E-state index contributed by atoms with van der Waals surface area (Å²) in [6, 6.07) is 7.20. The molecule has 0 atom stereocenters. The van der Waals surface area contributed by atoms with Crippen LogP contribution < -0.4 is 15.8 Å². The molecule has 126 valence electrons. The molecule has 23 heavy (non-hydrogen) atoms. The number of hydrogen-bond acceptors (Lipinski definition) is 5. The number of morpholine rings is 1. The van der Waals surface area contributed by atoms with E-state index in [0.717, 1.165) is 18.8 Å². The van der Waals surface area contributed by atoms with E-state index in [0.29, 0.717) is 18.8 Å². The minimum Gasteiger partial charge on any atom is -0.443 e. The van der Waals surface area contributed by atoms with E-state index in [1.807, 2.05) is 12.1 Å². The van der Waals surface area contributed by atoms with Crippen LogP contribution in [0.5, 0.6) is 0 Å². The lowest BCUT2D eigenvalue weighted by Crippen LogP contribution is -2.44. The van der Waals surface area contributed by atoms with Gasteiger partial charge in [0.2, 0.25) is 0 Å². The Morgan fingerprint density at radius 3 is 2.26 bits per heavy atom. The Hall–Kier alpha value is -2.28. The van der Waals surface area contributed by atoms with Crippen molar-refractivity contribution in [3.05, 3.63) is 29.8 Å². The van der Waals surface area contributed by atoms with Gasteiger partial charge < -0.3 is 14.4 Å². The first-order chi connectivity index (χ1) is 10.8. The van der Waals surface area contributed by atoms with Gasteiger partial charge in [0.25, 0.3) is 5.91 Å². The molecule has 2 N–H and O–H groups in total. The van der Waals surface area contributed by atoms with Gasteiger partial charge in [-0.3, -0.25) is 10.2 Å². The van der Waals surface area contributed by atoms with Crippen LogP contribution in [0.25, 0.3) is 0 Å². The molecule has 0 saturated carbocycles. The third-order valence-electron chi connectivity index (χ3n) is 3.18. The van der Waals surface area contributed by atoms with Crippen molar-refractivity contribution in [3.8, 4) is 0 Å². The maximum Gasteiger partial charge on any atom is 0.426 e. The van der Waals surface area contributed by atoms with Crippen molar-refractivity contribution in [2.75, 3.05) is 31.2 Å². The van der Waals surface area contributed by atoms with Crippen molar-refractivity contribution in [2.24, 2.45) is 0 Å². The number of carbonyl (C=O) groups excluding carboxylic acids is 2. The van der Waals surface area contributed by atoms with Crippen molar-refractivity contribution >= 4 is 17.7 Å². The highest BCUT2D eigenvalue weighted by molar-refractivity contribution is 5.95. The van der Waals surface area contributed by atoms with Crippen LogP contribution in [0.2, 0.25) is 0 Å². The molecular weight excluding hydrogens is 298 g/mol. The molecule has 0 radical (unpaired) electrons. The second kappa shape index (κ2) is 7.32. The molecule has 1 aromatic carbocycles. The van der Waals surface area contributed by atoms with Gasteiger partial charge in [0.1, 0.15) is 5.60 Å². The van der Waals surface area contributed by atoms with E-state index in [1.165, 1.54) is 0 Å². The first kappa shape index (κ1) is 17.1. The Kier molecular flexibility index (Phi) is 5.44. The van der Waals surface area contributed by atoms with Crippen LogP contribution in [0.1, 0.15) is 31.1 Å². The quantitative estimate of drug-likeness (QED) is 0.810. The monoisotopic (exact) mass is 321 g/mol. The van der Waals surface area contributed by atoms with Gasteiger partial charge in [0.05, 0.1) is 13.2 Å². The lowest BCUT2D eigenvalue weighted by Gasteiger charge is -2.28. The standard InChI is InChI=1S/C16H23N3O4/c1-16(2,3)23-15(21)18-17-14(20)12-4-6-13(7-5-12)19-8-10-22-11-9-19/h4-7H,8-11H2,1-3H3,(H,17,20)(H,18,21). The predicted octanol–water partition coefficient (Wildman–Crippen LogP) is 1.69. The molecular formula is C16H23N3O4. The Morgan fingerprint density at radius 1 is 1.09 bits per heavy atom. The average molecular weight is 321 g/mol. The highest BCUT2D eigenvalue weighted by Gasteiger charge is 2.17. The Balaban J connectivity index is 1.86. The number of hydrogen-bond donors (Lipinski definition) is 2. The molecule has 1 aliphatic heterocycles. The van der Waals surface area contributed by atoms with Crippen molar-refractivity contribution in [1.29, 1.82) is 0 Å². The topological polar surface area (TPSA) is 79.9 Å². The van der Waals surface area contributed by atoms with Gasteiger partial charge in [-0.15, -0.1) is 0 Å². The first-order valence-electron chi connectivity index (χ1n) is 7.57. The second-order valence-electron chi connectivity index (χ2n) is 6.23. The summed E-state index contributed by atoms with van der Waals surface area (Å²) in [5.41, 5.74) is 5.44. The lowest BCUT2D eigenvalue weighted by atomic mass is 10.2. The molecule has 7 heteroatoms. The number of hydrazine groups is 1. The van der Waals surface area contributed by atoms with Crippen molar-refractivity contribution in [3.63, 3.8) is 0 Å². The molecule has 1 aromatic rings. The Bertz CT molecular complexity index is 545. The van der Waals surface area contributed by atoms with Crippen LogP contribution in [0, 0.1) is 0 Å². The van der Waals surface area contributed by atoms with Gasteiger partial charge in [0, 0.05) is 24.3 Å². The lowest BCUT2D eigenvalue weighted by molar-refractivity contribution is 0.0483. The van der Waals surface area contributed by atoms with Gasteiger partial charge in [-0.05, 0) is 45.0 Å². The van der Waals surface area contributed by atoms with Crippen molar-refractivity contribution < 1.29 is 19.1 Å². The van der Waals surface area contributed by atoms with E-state index in [2.05, 4.69) is 15.8 Å². The zero-order chi connectivity index (χ0) is 16.9. The third-order valence-corrected chi connectivity index (χ3v) is 3.18. The first-order valence-corrected chi connectivity index (χ1v) is 7.57. The molecule has 0 aromatic heterocycles. The fourth-order valence-electron chi connectivity index (χ4n) is 2.13. The number of carbonyl (C=O) groups is 2. The van der Waals surface area contributed by atoms with E-state index in [-0.39, 0.29) is 0 Å². The van der Waals surface area contributed by atoms with Crippen LogP contribution in [-0.4, -0.2) is 43.9 Å². The number of nitrogens with one attached hydrogen (secondary N) is 2. The summed E-state index contributed by atoms with van der Waals surface area (Å²) in [6.07, 6.45) is -0.698. The predicted molar refractivity (Wildman–Crippen MR) is 86.3 cm³/mol. The minimum atomic E-state index is -0.698. The maximum atomic E-state index is 12.0. The molecule has 0 aliphatic carbocycles. The van der Waals surface area contributed by atoms with E-state index in [9.17, 15) is 9.59 Å². The molecule has 1 saturated heterocycles. The zero-order valence-electron chi connectivity index (χ0n) is 13.7. The summed E-state index contributed by atoms with van der Waals surface area (Å²) >= 11 is 0. The van der Waals surface area contributed by atoms with Crippen LogP contribution in [0.15, 0.2) is 24.3 Å². The van der Waals surface area contributed by atoms with Gasteiger partial charge in [-0.1, -0.05) is 0 Å². The molecule has 0 bridgehead atoms. The summed E-state index contributed by atoms with van der Waals surface area (Å²) in [7, 11) is 0. The smallest absolute Gasteiger partial charge is 0.426 e. The highest BCUT2D eigenvalue weighted by atomic mass is 16.6. The highest BCUT2D eigenvalue weighted by Crippen LogP contribution is 2.16. The normalized spacial score (nSPS) is 15.0. The van der Waals surface area contributed by atoms with Crippen LogP contribution in [0.3, 0.4) is 0 Å². The van der Waals surface area contributed by atoms with Gasteiger partial charge in [-0.25, -0.2) is 10.2 Å². The number of amides is 2. The number of benzene rings is 1. The average Bonchev–Trinajstić information content (AvgIpc) is 2.52. The van der Waals surface area contributed by atoms with E-state index >= 15 is 0 Å². The largest absolute Gasteiger partial charge is 0.443 e. The Labute approximate surface area is 135 Å². The van der Waals surface area contributed by atoms with Crippen LogP contribution >= 0.6 is 0 Å². The van der Waals surface area contributed by atoms with Crippen LogP contribution in [0.4, 0.5) is 10.5 Å². The van der Waals surface area contributed by atoms with E-state index < -0.39 is 17.6 Å². The molecule has 0 unspecified atom stereocenters. The van der Waals surface area contributed by atoms with Gasteiger partial charge in [0.15, 0.2) is 0 Å². The summed E-state index contributed by atoms with van der Waals surface area (Å²) < 4.78 is 10.4. The maximum absolute atomic E-state index is 12.0. The molecule has 1 aliphatic rings. The summed E-state index contributed by atoms with van der Waals surface area (Å²) in [4.78, 5) is 25.7. The van der Waals surface area contributed by atoms with Gasteiger partial charge >= 0.3 is 6.09 Å². The zero-order valence-corrected chi connectivity index (χ0v) is 13.7. The molecule has 2 amide bonds. The summed E-state index contributed by atoms with van der Waals surface area (Å²) in [5.74, 6) is -0.399. The fourth-order valence-corrected chi connectivity index (χ4v) is 2.13. The number of anilines is 1. The fraction of sp³-hybridized carbons (Fsp3) is 0.500. The van der Waals surface area contributed by atoms with Gasteiger partial charge in [-0.2, -0.15) is 0 Å². The SMILES string of the molecule is CC(C)(C)OC(=O)NNC(=O)c1ccc(N2CCOCC2)cc1. The molecule has 0 spiro atoms. The number of ether oxygens (including phenoxy) is 2. The molecule has 7 nitrogen and oxygen atoms in total. The second-order valence-corrected chi connectivity index (χ2v) is 6.23.